The number of aliphatic hydroxyl groups excluding tert-OH is 1. The third-order valence-electron chi connectivity index (χ3n) is 7.53. The van der Waals surface area contributed by atoms with Gasteiger partial charge in [0.2, 0.25) is 0 Å². The number of hydrogen-bond donors (Lipinski definition) is 2. The van der Waals surface area contributed by atoms with E-state index in [1.807, 2.05) is 12.1 Å². The molecule has 0 spiro atoms. The molecule has 0 radical (unpaired) electrons. The molecule has 0 saturated carbocycles. The number of piperazine rings is 1. The number of alkyl halides is 3. The molecule has 5 rings (SSSR count). The summed E-state index contributed by atoms with van der Waals surface area (Å²) in [6, 6.07) is 12.6. The van der Waals surface area contributed by atoms with E-state index in [0.717, 1.165) is 24.7 Å². The number of β-amino-alcohol motifs (C(OH)–C–C–N with tert-alkyl or cyclic N) is 1. The van der Waals surface area contributed by atoms with Gasteiger partial charge in [-0.2, -0.15) is 18.3 Å². The van der Waals surface area contributed by atoms with Gasteiger partial charge in [0.25, 0.3) is 11.8 Å². The third kappa shape index (κ3) is 6.73. The van der Waals surface area contributed by atoms with Crippen LogP contribution in [0.5, 0.6) is 0 Å². The van der Waals surface area contributed by atoms with E-state index in [2.05, 4.69) is 36.2 Å². The van der Waals surface area contributed by atoms with Crippen molar-refractivity contribution in [3.63, 3.8) is 0 Å². The number of pyridine rings is 1. The Labute approximate surface area is 254 Å². The molecule has 1 aliphatic rings. The van der Waals surface area contributed by atoms with E-state index in [1.54, 1.807) is 47.7 Å². The molecule has 0 unspecified atom stereocenters. The average molecular weight is 660 g/mol. The summed E-state index contributed by atoms with van der Waals surface area (Å²) in [5.41, 5.74) is 1.75. The lowest BCUT2D eigenvalue weighted by Gasteiger charge is -2.34. The van der Waals surface area contributed by atoms with Crippen molar-refractivity contribution in [1.29, 1.82) is 0 Å². The maximum Gasteiger partial charge on any atom is 0.433 e. The smallest absolute Gasteiger partial charge is 0.395 e. The first-order valence-electron chi connectivity index (χ1n) is 13.7. The van der Waals surface area contributed by atoms with Crippen LogP contribution in [-0.2, 0) is 12.7 Å². The number of carbonyl (C=O) groups excluding carboxylic acids is 2. The highest BCUT2D eigenvalue weighted by Gasteiger charge is 2.34. The number of nitrogens with zero attached hydrogens (tertiary/aromatic N) is 5. The molecule has 1 aliphatic heterocycles. The van der Waals surface area contributed by atoms with E-state index in [-0.39, 0.29) is 29.0 Å². The van der Waals surface area contributed by atoms with Gasteiger partial charge in [-0.15, -0.1) is 0 Å². The van der Waals surface area contributed by atoms with Gasteiger partial charge in [0, 0.05) is 48.1 Å². The highest BCUT2D eigenvalue weighted by molar-refractivity contribution is 9.10. The van der Waals surface area contributed by atoms with E-state index in [1.165, 1.54) is 6.07 Å². The second kappa shape index (κ2) is 12.4. The zero-order chi connectivity index (χ0) is 30.9. The minimum absolute atomic E-state index is 0.0457. The summed E-state index contributed by atoms with van der Waals surface area (Å²) in [6.07, 6.45) is -4.72. The summed E-state index contributed by atoms with van der Waals surface area (Å²) >= 11 is 3.31. The molecule has 1 fully saturated rings. The lowest BCUT2D eigenvalue weighted by Crippen LogP contribution is -2.49. The number of carbonyl (C=O) groups is 2. The zero-order valence-electron chi connectivity index (χ0n) is 23.6. The number of amides is 2. The number of benzene rings is 2. The van der Waals surface area contributed by atoms with Gasteiger partial charge in [-0.25, -0.2) is 4.98 Å². The van der Waals surface area contributed by atoms with Crippen molar-refractivity contribution in [2.75, 3.05) is 44.6 Å². The minimum Gasteiger partial charge on any atom is -0.395 e. The van der Waals surface area contributed by atoms with Crippen LogP contribution >= 0.6 is 15.9 Å². The molecule has 9 nitrogen and oxygen atoms in total. The summed E-state index contributed by atoms with van der Waals surface area (Å²) in [6.45, 7) is 7.19. The largest absolute Gasteiger partial charge is 0.433 e. The molecule has 13 heteroatoms. The Hall–Kier alpha value is -3.81. The number of halogens is 4. The van der Waals surface area contributed by atoms with Gasteiger partial charge in [0.1, 0.15) is 5.69 Å². The molecule has 0 atom stereocenters. The topological polar surface area (TPSA) is 104 Å². The molecule has 2 N–H and O–H groups in total. The van der Waals surface area contributed by atoms with E-state index in [4.69, 9.17) is 5.11 Å². The maximum atomic E-state index is 13.6. The Morgan fingerprint density at radius 2 is 1.72 bits per heavy atom. The van der Waals surface area contributed by atoms with Crippen LogP contribution in [0.2, 0.25) is 0 Å². The van der Waals surface area contributed by atoms with Crippen LogP contribution in [0.15, 0.2) is 53.0 Å². The van der Waals surface area contributed by atoms with Crippen molar-refractivity contribution < 1.29 is 27.9 Å². The standard InChI is InChI=1S/C30H30BrF3N6O3/c1-18-27(36-28(42)24-16-26(30(32,33)34)35-25-8-7-22(31)15-23(24)25)19(2)40(37-18)17-20-3-5-21(6-4-20)29(43)39-11-9-38(10-12-39)13-14-41/h3-8,15-16,41H,9-14,17H2,1-2H3,(H,36,42). The molecule has 3 heterocycles. The number of rotatable bonds is 7. The van der Waals surface area contributed by atoms with Crippen molar-refractivity contribution in [2.45, 2.75) is 26.6 Å². The summed E-state index contributed by atoms with van der Waals surface area (Å²) in [4.78, 5) is 34.0. The Kier molecular flexibility index (Phi) is 8.86. The summed E-state index contributed by atoms with van der Waals surface area (Å²) in [5, 5.41) is 16.7. The van der Waals surface area contributed by atoms with Crippen LogP contribution < -0.4 is 5.32 Å². The fraction of sp³-hybridized carbons (Fsp3) is 0.333. The van der Waals surface area contributed by atoms with E-state index < -0.39 is 17.8 Å². The molecule has 2 aromatic heterocycles. The van der Waals surface area contributed by atoms with Gasteiger partial charge >= 0.3 is 6.18 Å². The molecule has 226 valence electrons. The molecular formula is C30H30BrF3N6O3. The summed E-state index contributed by atoms with van der Waals surface area (Å²) in [7, 11) is 0. The van der Waals surface area contributed by atoms with Gasteiger partial charge in [-0.1, -0.05) is 28.1 Å². The normalized spacial score (nSPS) is 14.3. The highest BCUT2D eigenvalue weighted by Crippen LogP contribution is 2.33. The van der Waals surface area contributed by atoms with Crippen molar-refractivity contribution in [1.82, 2.24) is 24.6 Å². The molecule has 0 bridgehead atoms. The summed E-state index contributed by atoms with van der Waals surface area (Å²) < 4.78 is 43.0. The third-order valence-corrected chi connectivity index (χ3v) is 8.03. The fourth-order valence-corrected chi connectivity index (χ4v) is 5.53. The van der Waals surface area contributed by atoms with Crippen LogP contribution in [0.25, 0.3) is 10.9 Å². The van der Waals surface area contributed by atoms with Gasteiger partial charge in [-0.05, 0) is 55.8 Å². The van der Waals surface area contributed by atoms with Gasteiger partial charge in [-0.3, -0.25) is 19.2 Å². The number of aromatic nitrogens is 3. The Morgan fingerprint density at radius 3 is 2.37 bits per heavy atom. The van der Waals surface area contributed by atoms with Gasteiger partial charge in [0.15, 0.2) is 0 Å². The number of aryl methyl sites for hydroxylation is 1. The van der Waals surface area contributed by atoms with Crippen molar-refractivity contribution in [2.24, 2.45) is 0 Å². The molecule has 0 aliphatic carbocycles. The number of anilines is 1. The zero-order valence-corrected chi connectivity index (χ0v) is 25.2. The average Bonchev–Trinajstić information content (AvgIpc) is 3.23. The second-order valence-electron chi connectivity index (χ2n) is 10.4. The Morgan fingerprint density at radius 1 is 1.02 bits per heavy atom. The predicted molar refractivity (Wildman–Crippen MR) is 159 cm³/mol. The van der Waals surface area contributed by atoms with E-state index in [0.29, 0.717) is 53.3 Å². The number of hydrogen-bond acceptors (Lipinski definition) is 6. The number of nitrogens with one attached hydrogen (secondary N) is 1. The monoisotopic (exact) mass is 658 g/mol. The van der Waals surface area contributed by atoms with Crippen LogP contribution in [-0.4, -0.2) is 80.8 Å². The quantitative estimate of drug-likeness (QED) is 0.293. The van der Waals surface area contributed by atoms with Crippen LogP contribution in [0.4, 0.5) is 18.9 Å². The molecule has 2 aromatic carbocycles. The van der Waals surface area contributed by atoms with Crippen molar-refractivity contribution in [3.8, 4) is 0 Å². The molecule has 1 saturated heterocycles. The van der Waals surface area contributed by atoms with E-state index >= 15 is 0 Å². The molecular weight excluding hydrogens is 629 g/mol. The SMILES string of the molecule is Cc1nn(Cc2ccc(C(=O)N3CCN(CCO)CC3)cc2)c(C)c1NC(=O)c1cc(C(F)(F)F)nc2ccc(Br)cc12. The van der Waals surface area contributed by atoms with Crippen molar-refractivity contribution in [3.05, 3.63) is 86.8 Å². The molecule has 2 amide bonds. The highest BCUT2D eigenvalue weighted by atomic mass is 79.9. The maximum absolute atomic E-state index is 13.6. The number of aliphatic hydroxyl groups is 1. The minimum atomic E-state index is -4.72. The summed E-state index contributed by atoms with van der Waals surface area (Å²) in [5.74, 6) is -0.752. The first-order valence-corrected chi connectivity index (χ1v) is 14.5. The Balaban J connectivity index is 1.32. The van der Waals surface area contributed by atoms with Gasteiger partial charge in [0.05, 0.1) is 41.3 Å². The van der Waals surface area contributed by atoms with Gasteiger partial charge < -0.3 is 15.3 Å². The van der Waals surface area contributed by atoms with E-state index in [9.17, 15) is 22.8 Å². The lowest BCUT2D eigenvalue weighted by molar-refractivity contribution is -0.141. The second-order valence-corrected chi connectivity index (χ2v) is 11.3. The van der Waals surface area contributed by atoms with Crippen LogP contribution in [0.1, 0.15) is 43.4 Å². The lowest BCUT2D eigenvalue weighted by atomic mass is 10.1. The first-order chi connectivity index (χ1) is 20.4. The Bertz CT molecular complexity index is 1660. The molecule has 43 heavy (non-hydrogen) atoms. The van der Waals surface area contributed by atoms with Crippen LogP contribution in [0.3, 0.4) is 0 Å². The van der Waals surface area contributed by atoms with Crippen molar-refractivity contribution >= 4 is 44.3 Å². The number of fused-ring (bicyclic) bond motifs is 1. The predicted octanol–water partition coefficient (Wildman–Crippen LogP) is 4.88. The molecule has 4 aromatic rings. The first kappa shape index (κ1) is 30.6. The van der Waals surface area contributed by atoms with Crippen LogP contribution in [0, 0.1) is 13.8 Å². The fourth-order valence-electron chi connectivity index (χ4n) is 5.17.